The smallest absolute Gasteiger partial charge is 0.256 e. The minimum absolute atomic E-state index is 0.133. The van der Waals surface area contributed by atoms with Gasteiger partial charge in [0.25, 0.3) is 5.91 Å². The second-order valence-corrected chi connectivity index (χ2v) is 11.1. The van der Waals surface area contributed by atoms with Crippen molar-refractivity contribution in [2.24, 2.45) is 7.05 Å². The summed E-state index contributed by atoms with van der Waals surface area (Å²) in [6.45, 7) is 5.03. The van der Waals surface area contributed by atoms with Crippen LogP contribution in [-0.2, 0) is 31.4 Å². The number of anilines is 1. The fourth-order valence-electron chi connectivity index (χ4n) is 3.46. The van der Waals surface area contributed by atoms with E-state index in [0.717, 1.165) is 46.7 Å². The summed E-state index contributed by atoms with van der Waals surface area (Å²) in [5, 5.41) is 4.83. The van der Waals surface area contributed by atoms with Crippen molar-refractivity contribution >= 4 is 40.6 Å². The number of nitrogens with zero attached hydrogens (tertiary/aromatic N) is 5. The number of nitrogens with one attached hydrogen (secondary N) is 1. The lowest BCUT2D eigenvalue weighted by Crippen LogP contribution is -2.28. The molecule has 34 heavy (non-hydrogen) atoms. The molecule has 0 aromatic carbocycles. The van der Waals surface area contributed by atoms with Gasteiger partial charge in [0.15, 0.2) is 0 Å². The van der Waals surface area contributed by atoms with Crippen molar-refractivity contribution in [3.05, 3.63) is 59.2 Å². The molecule has 0 bridgehead atoms. The third-order valence-corrected chi connectivity index (χ3v) is 8.21. The number of pyridine rings is 1. The predicted molar refractivity (Wildman–Crippen MR) is 136 cm³/mol. The van der Waals surface area contributed by atoms with E-state index in [4.69, 9.17) is 0 Å². The molecule has 3 aromatic heterocycles. The lowest BCUT2D eigenvalue weighted by atomic mass is 10.2. The molecule has 2 amide bonds. The van der Waals surface area contributed by atoms with Crippen LogP contribution in [0, 0.1) is 0 Å². The first-order valence-corrected chi connectivity index (χ1v) is 12.9. The van der Waals surface area contributed by atoms with Crippen molar-refractivity contribution in [2.75, 3.05) is 11.9 Å². The molecule has 4 rings (SSSR count). The number of aryl methyl sites for hydroxylation is 2. The average molecular weight is 499 g/mol. The maximum Gasteiger partial charge on any atom is 0.256 e. The van der Waals surface area contributed by atoms with E-state index in [9.17, 15) is 9.59 Å². The van der Waals surface area contributed by atoms with Gasteiger partial charge in [0, 0.05) is 49.8 Å². The first-order valence-electron chi connectivity index (χ1n) is 11.3. The Kier molecular flexibility index (Phi) is 7.39. The van der Waals surface area contributed by atoms with E-state index in [1.165, 1.54) is 23.3 Å². The third kappa shape index (κ3) is 5.86. The number of hydrogen-bond donors (Lipinski definition) is 1. The summed E-state index contributed by atoms with van der Waals surface area (Å²) in [5.41, 5.74) is 3.53. The lowest BCUT2D eigenvalue weighted by Gasteiger charge is -2.20. The van der Waals surface area contributed by atoms with Crippen molar-refractivity contribution in [3.63, 3.8) is 0 Å². The zero-order valence-electron chi connectivity index (χ0n) is 19.9. The Morgan fingerprint density at radius 1 is 1.29 bits per heavy atom. The van der Waals surface area contributed by atoms with Gasteiger partial charge in [-0.05, 0) is 55.8 Å². The largest absolute Gasteiger partial charge is 0.337 e. The molecule has 0 saturated heterocycles. The molecular formula is C24H30N6O2S2. The van der Waals surface area contributed by atoms with Gasteiger partial charge in [-0.25, -0.2) is 0 Å². The van der Waals surface area contributed by atoms with Crippen molar-refractivity contribution in [1.82, 2.24) is 24.4 Å². The zero-order valence-corrected chi connectivity index (χ0v) is 21.6. The molecule has 0 spiro atoms. The number of hydrogen-bond acceptors (Lipinski definition) is 7. The maximum atomic E-state index is 13.5. The Morgan fingerprint density at radius 3 is 2.68 bits per heavy atom. The Bertz CT molecular complexity index is 1150. The summed E-state index contributed by atoms with van der Waals surface area (Å²) in [6, 6.07) is 5.85. The molecular weight excluding hydrogens is 468 g/mol. The molecule has 1 N–H and O–H groups in total. The van der Waals surface area contributed by atoms with Gasteiger partial charge in [0.05, 0.1) is 22.5 Å². The quantitative estimate of drug-likeness (QED) is 0.318. The predicted octanol–water partition coefficient (Wildman–Crippen LogP) is 4.02. The topological polar surface area (TPSA) is 83.4 Å². The molecule has 0 aliphatic heterocycles. The Balaban J connectivity index is 1.58. The van der Waals surface area contributed by atoms with E-state index in [1.807, 2.05) is 31.4 Å². The molecule has 10 heteroatoms. The summed E-state index contributed by atoms with van der Waals surface area (Å²) in [5.74, 6) is -0.133. The molecule has 1 fully saturated rings. The van der Waals surface area contributed by atoms with Crippen LogP contribution < -0.4 is 9.62 Å². The summed E-state index contributed by atoms with van der Waals surface area (Å²) in [4.78, 5) is 33.3. The second-order valence-electron chi connectivity index (χ2n) is 8.98. The van der Waals surface area contributed by atoms with E-state index >= 15 is 0 Å². The summed E-state index contributed by atoms with van der Waals surface area (Å²) in [7, 11) is 3.62. The molecule has 180 valence electrons. The van der Waals surface area contributed by atoms with Crippen LogP contribution in [0.1, 0.15) is 53.9 Å². The number of aromatic nitrogens is 3. The molecule has 3 heterocycles. The molecule has 0 atom stereocenters. The molecule has 3 aromatic rings. The minimum atomic E-state index is -0.133. The fraction of sp³-hybridized carbons (Fsp3) is 0.417. The highest BCUT2D eigenvalue weighted by Gasteiger charge is 2.37. The van der Waals surface area contributed by atoms with Crippen LogP contribution in [0.15, 0.2) is 41.0 Å². The number of rotatable bonds is 11. The second kappa shape index (κ2) is 10.3. The third-order valence-electron chi connectivity index (χ3n) is 5.83. The van der Waals surface area contributed by atoms with Gasteiger partial charge in [0.2, 0.25) is 6.41 Å². The van der Waals surface area contributed by atoms with E-state index in [0.29, 0.717) is 23.7 Å². The first kappa shape index (κ1) is 24.4. The van der Waals surface area contributed by atoms with Gasteiger partial charge in [-0.2, -0.15) is 5.10 Å². The maximum absolute atomic E-state index is 13.5. The van der Waals surface area contributed by atoms with E-state index in [1.54, 1.807) is 33.9 Å². The van der Waals surface area contributed by atoms with E-state index in [2.05, 4.69) is 28.7 Å². The number of amides is 2. The van der Waals surface area contributed by atoms with Crippen molar-refractivity contribution in [2.45, 2.75) is 55.9 Å². The van der Waals surface area contributed by atoms with Crippen molar-refractivity contribution in [1.29, 1.82) is 0 Å². The molecule has 8 nitrogen and oxygen atoms in total. The van der Waals surface area contributed by atoms with Gasteiger partial charge in [-0.1, -0.05) is 13.0 Å². The lowest BCUT2D eigenvalue weighted by molar-refractivity contribution is -0.107. The molecule has 1 aliphatic carbocycles. The number of carbonyl (C=O) groups is 2. The van der Waals surface area contributed by atoms with Crippen LogP contribution in [0.2, 0.25) is 0 Å². The van der Waals surface area contributed by atoms with Crippen LogP contribution in [0.25, 0.3) is 0 Å². The molecule has 1 saturated carbocycles. The van der Waals surface area contributed by atoms with Crippen LogP contribution in [0.5, 0.6) is 0 Å². The van der Waals surface area contributed by atoms with Crippen LogP contribution in [0.3, 0.4) is 0 Å². The van der Waals surface area contributed by atoms with Crippen molar-refractivity contribution < 1.29 is 9.59 Å². The average Bonchev–Trinajstić information content (AvgIpc) is 3.22. The first-order chi connectivity index (χ1) is 16.3. The Labute approximate surface area is 208 Å². The normalized spacial score (nSPS) is 14.1. The summed E-state index contributed by atoms with van der Waals surface area (Å²) >= 11 is 2.98. The molecule has 1 aliphatic rings. The highest BCUT2D eigenvalue weighted by Crippen LogP contribution is 2.42. The standard InChI is InChI=1S/C24H30N6O2S2/c1-5-19-7-6-17(11-25-19)15-30(16-31)23-20(10-21(33-23)34-27-24(2)8-9-24)22(32)28(3)13-18-12-26-29(4)14-18/h6-7,10-12,14,16,27H,5,8-9,13,15H2,1-4H3. The van der Waals surface area contributed by atoms with E-state index in [-0.39, 0.29) is 11.4 Å². The van der Waals surface area contributed by atoms with Crippen LogP contribution in [-0.4, -0.2) is 44.6 Å². The zero-order chi connectivity index (χ0) is 24.3. The highest BCUT2D eigenvalue weighted by molar-refractivity contribution is 7.99. The van der Waals surface area contributed by atoms with Crippen molar-refractivity contribution in [3.8, 4) is 0 Å². The van der Waals surface area contributed by atoms with Gasteiger partial charge in [0.1, 0.15) is 5.00 Å². The van der Waals surface area contributed by atoms with Gasteiger partial charge in [-0.3, -0.25) is 24.0 Å². The van der Waals surface area contributed by atoms with Gasteiger partial charge >= 0.3 is 0 Å². The fourth-order valence-corrected chi connectivity index (χ4v) is 5.56. The minimum Gasteiger partial charge on any atom is -0.337 e. The van der Waals surface area contributed by atoms with Crippen LogP contribution >= 0.6 is 23.3 Å². The summed E-state index contributed by atoms with van der Waals surface area (Å²) in [6.07, 6.45) is 9.37. The SMILES string of the molecule is CCc1ccc(CN(C=O)c2sc(SNC3(C)CC3)cc2C(=O)N(C)Cc2cnn(C)c2)cn1. The Hall–Kier alpha value is -2.69. The summed E-state index contributed by atoms with van der Waals surface area (Å²) < 4.78 is 6.16. The molecule has 0 unspecified atom stereocenters. The van der Waals surface area contributed by atoms with E-state index < -0.39 is 0 Å². The Morgan fingerprint density at radius 2 is 2.09 bits per heavy atom. The number of thiophene rings is 1. The van der Waals surface area contributed by atoms with Crippen LogP contribution in [0.4, 0.5) is 5.00 Å². The molecule has 0 radical (unpaired) electrons. The van der Waals surface area contributed by atoms with Gasteiger partial charge < -0.3 is 9.80 Å². The van der Waals surface area contributed by atoms with Gasteiger partial charge in [-0.15, -0.1) is 11.3 Å². The highest BCUT2D eigenvalue weighted by atomic mass is 32.2. The monoisotopic (exact) mass is 498 g/mol. The number of carbonyl (C=O) groups excluding carboxylic acids is 2.